The highest BCUT2D eigenvalue weighted by Crippen LogP contribution is 2.42. The van der Waals surface area contributed by atoms with Crippen LogP contribution in [0.2, 0.25) is 0 Å². The standard InChI is InChI=1S/C17H30N2O/c1-2-12-6-8-19(9-7-12)17(20)15-10-13-4-3-5-14(11-15)16(13)18/h12-16H,2-11,18H2,1H3. The summed E-state index contributed by atoms with van der Waals surface area (Å²) < 4.78 is 0. The van der Waals surface area contributed by atoms with Gasteiger partial charge < -0.3 is 10.6 Å². The van der Waals surface area contributed by atoms with Crippen molar-refractivity contribution < 1.29 is 4.79 Å². The second-order valence-electron chi connectivity index (χ2n) is 7.37. The summed E-state index contributed by atoms with van der Waals surface area (Å²) in [4.78, 5) is 14.9. The summed E-state index contributed by atoms with van der Waals surface area (Å²) in [5.74, 6) is 2.80. The molecule has 3 fully saturated rings. The molecular formula is C17H30N2O. The Morgan fingerprint density at radius 3 is 2.25 bits per heavy atom. The highest BCUT2D eigenvalue weighted by molar-refractivity contribution is 5.79. The Balaban J connectivity index is 1.58. The van der Waals surface area contributed by atoms with Crippen molar-refractivity contribution in [3.63, 3.8) is 0 Å². The average molecular weight is 278 g/mol. The van der Waals surface area contributed by atoms with E-state index in [1.165, 1.54) is 38.5 Å². The lowest BCUT2D eigenvalue weighted by molar-refractivity contribution is -0.140. The minimum atomic E-state index is 0.281. The van der Waals surface area contributed by atoms with Crippen molar-refractivity contribution in [1.82, 2.24) is 4.90 Å². The Morgan fingerprint density at radius 1 is 1.10 bits per heavy atom. The summed E-state index contributed by atoms with van der Waals surface area (Å²) in [6.45, 7) is 4.26. The lowest BCUT2D eigenvalue weighted by Gasteiger charge is -2.45. The molecule has 0 aromatic carbocycles. The summed E-state index contributed by atoms with van der Waals surface area (Å²) in [7, 11) is 0. The third-order valence-corrected chi connectivity index (χ3v) is 6.27. The van der Waals surface area contributed by atoms with E-state index in [1.54, 1.807) is 0 Å². The first-order valence-electron chi connectivity index (χ1n) is 8.73. The Labute approximate surface area is 123 Å². The molecule has 0 aromatic heterocycles. The first-order valence-corrected chi connectivity index (χ1v) is 8.73. The van der Waals surface area contributed by atoms with E-state index in [1.807, 2.05) is 0 Å². The van der Waals surface area contributed by atoms with Crippen LogP contribution >= 0.6 is 0 Å². The molecule has 0 radical (unpaired) electrons. The van der Waals surface area contributed by atoms with Gasteiger partial charge in [0.15, 0.2) is 0 Å². The number of nitrogens with zero attached hydrogens (tertiary/aromatic N) is 1. The zero-order valence-electron chi connectivity index (χ0n) is 12.9. The van der Waals surface area contributed by atoms with Crippen LogP contribution in [-0.4, -0.2) is 29.9 Å². The molecule has 1 heterocycles. The third kappa shape index (κ3) is 2.74. The molecule has 1 amide bonds. The summed E-state index contributed by atoms with van der Waals surface area (Å²) in [6.07, 6.45) is 9.63. The number of hydrogen-bond acceptors (Lipinski definition) is 2. The SMILES string of the molecule is CCC1CCN(C(=O)C2CC3CCCC(C2)C3N)CC1. The number of piperidine rings is 1. The van der Waals surface area contributed by atoms with Crippen molar-refractivity contribution in [1.29, 1.82) is 0 Å². The van der Waals surface area contributed by atoms with Crippen LogP contribution in [0.1, 0.15) is 58.3 Å². The maximum absolute atomic E-state index is 12.8. The van der Waals surface area contributed by atoms with E-state index >= 15 is 0 Å². The van der Waals surface area contributed by atoms with Gasteiger partial charge in [-0.3, -0.25) is 4.79 Å². The van der Waals surface area contributed by atoms with Gasteiger partial charge in [0.1, 0.15) is 0 Å². The van der Waals surface area contributed by atoms with E-state index in [-0.39, 0.29) is 5.92 Å². The molecule has 2 atom stereocenters. The number of fused-ring (bicyclic) bond motifs is 2. The molecule has 3 heteroatoms. The maximum Gasteiger partial charge on any atom is 0.225 e. The van der Waals surface area contributed by atoms with Gasteiger partial charge in [-0.2, -0.15) is 0 Å². The van der Waals surface area contributed by atoms with Gasteiger partial charge in [-0.05, 0) is 56.3 Å². The van der Waals surface area contributed by atoms with Crippen LogP contribution in [0.4, 0.5) is 0 Å². The number of rotatable bonds is 2. The molecule has 0 spiro atoms. The van der Waals surface area contributed by atoms with E-state index in [4.69, 9.17) is 5.73 Å². The fourth-order valence-corrected chi connectivity index (χ4v) is 4.81. The molecule has 1 aliphatic heterocycles. The molecule has 114 valence electrons. The van der Waals surface area contributed by atoms with Crippen LogP contribution < -0.4 is 5.73 Å². The molecule has 1 saturated heterocycles. The lowest BCUT2D eigenvalue weighted by Crippen LogP contribution is -2.50. The van der Waals surface area contributed by atoms with Crippen molar-refractivity contribution in [2.75, 3.05) is 13.1 Å². The minimum absolute atomic E-state index is 0.281. The van der Waals surface area contributed by atoms with E-state index in [9.17, 15) is 4.79 Å². The van der Waals surface area contributed by atoms with Crippen molar-refractivity contribution in [2.24, 2.45) is 29.4 Å². The van der Waals surface area contributed by atoms with Crippen LogP contribution in [0.15, 0.2) is 0 Å². The summed E-state index contributed by atoms with van der Waals surface area (Å²) in [5, 5.41) is 0. The van der Waals surface area contributed by atoms with Crippen molar-refractivity contribution in [3.8, 4) is 0 Å². The van der Waals surface area contributed by atoms with E-state index in [2.05, 4.69) is 11.8 Å². The van der Waals surface area contributed by atoms with Crippen LogP contribution in [0.5, 0.6) is 0 Å². The molecule has 0 aromatic rings. The van der Waals surface area contributed by atoms with Crippen molar-refractivity contribution in [2.45, 2.75) is 64.3 Å². The molecule has 2 aliphatic carbocycles. The number of likely N-dealkylation sites (tertiary alicyclic amines) is 1. The molecule has 3 nitrogen and oxygen atoms in total. The number of nitrogens with two attached hydrogens (primary N) is 1. The molecule has 2 unspecified atom stereocenters. The van der Waals surface area contributed by atoms with Gasteiger partial charge in [0.05, 0.1) is 0 Å². The molecule has 2 saturated carbocycles. The van der Waals surface area contributed by atoms with E-state index in [0.29, 0.717) is 23.8 Å². The Hall–Kier alpha value is -0.570. The highest BCUT2D eigenvalue weighted by atomic mass is 16.2. The van der Waals surface area contributed by atoms with Gasteiger partial charge in [-0.1, -0.05) is 19.8 Å². The van der Waals surface area contributed by atoms with Gasteiger partial charge in [-0.15, -0.1) is 0 Å². The third-order valence-electron chi connectivity index (χ3n) is 6.27. The largest absolute Gasteiger partial charge is 0.342 e. The number of carbonyl (C=O) groups is 1. The van der Waals surface area contributed by atoms with E-state index < -0.39 is 0 Å². The van der Waals surface area contributed by atoms with Gasteiger partial charge in [-0.25, -0.2) is 0 Å². The highest BCUT2D eigenvalue weighted by Gasteiger charge is 2.41. The second-order valence-corrected chi connectivity index (χ2v) is 7.37. The van der Waals surface area contributed by atoms with Crippen molar-refractivity contribution >= 4 is 5.91 Å². The summed E-state index contributed by atoms with van der Waals surface area (Å²) in [5.41, 5.74) is 6.34. The monoisotopic (exact) mass is 278 g/mol. The summed E-state index contributed by atoms with van der Waals surface area (Å²) in [6, 6.07) is 0.374. The molecule has 2 bridgehead atoms. The zero-order chi connectivity index (χ0) is 14.1. The lowest BCUT2D eigenvalue weighted by atomic mass is 9.65. The van der Waals surface area contributed by atoms with Crippen LogP contribution in [0, 0.1) is 23.7 Å². The number of hydrogen-bond donors (Lipinski definition) is 1. The first-order chi connectivity index (χ1) is 9.69. The minimum Gasteiger partial charge on any atom is -0.342 e. The van der Waals surface area contributed by atoms with Crippen LogP contribution in [0.3, 0.4) is 0 Å². The smallest absolute Gasteiger partial charge is 0.225 e. The van der Waals surface area contributed by atoms with Gasteiger partial charge in [0.25, 0.3) is 0 Å². The summed E-state index contributed by atoms with van der Waals surface area (Å²) >= 11 is 0. The molecule has 2 N–H and O–H groups in total. The first kappa shape index (κ1) is 14.4. The molecule has 20 heavy (non-hydrogen) atoms. The van der Waals surface area contributed by atoms with Gasteiger partial charge in [0.2, 0.25) is 5.91 Å². The molecule has 3 aliphatic rings. The Kier molecular flexibility index (Phi) is 4.34. The zero-order valence-corrected chi connectivity index (χ0v) is 12.9. The predicted molar refractivity (Wildman–Crippen MR) is 81.1 cm³/mol. The number of amides is 1. The predicted octanol–water partition coefficient (Wildman–Crippen LogP) is 2.79. The maximum atomic E-state index is 12.8. The number of carbonyl (C=O) groups excluding carboxylic acids is 1. The van der Waals surface area contributed by atoms with Crippen LogP contribution in [0.25, 0.3) is 0 Å². The Morgan fingerprint density at radius 2 is 1.70 bits per heavy atom. The second kappa shape index (κ2) is 6.05. The quantitative estimate of drug-likeness (QED) is 0.844. The topological polar surface area (TPSA) is 46.3 Å². The molecular weight excluding hydrogens is 248 g/mol. The average Bonchev–Trinajstić information content (AvgIpc) is 2.46. The van der Waals surface area contributed by atoms with Gasteiger partial charge in [0, 0.05) is 25.0 Å². The van der Waals surface area contributed by atoms with Gasteiger partial charge >= 0.3 is 0 Å². The van der Waals surface area contributed by atoms with E-state index in [0.717, 1.165) is 31.8 Å². The van der Waals surface area contributed by atoms with Crippen LogP contribution in [-0.2, 0) is 4.79 Å². The Bertz CT molecular complexity index is 335. The fraction of sp³-hybridized carbons (Fsp3) is 0.941. The fourth-order valence-electron chi connectivity index (χ4n) is 4.81. The normalized spacial score (nSPS) is 38.8. The van der Waals surface area contributed by atoms with Crippen molar-refractivity contribution in [3.05, 3.63) is 0 Å². The molecule has 3 rings (SSSR count).